The van der Waals surface area contributed by atoms with Crippen LogP contribution in [0.3, 0.4) is 0 Å². The molecule has 0 spiro atoms. The van der Waals surface area contributed by atoms with Crippen LogP contribution in [0.2, 0.25) is 0 Å². The van der Waals surface area contributed by atoms with Crippen molar-refractivity contribution in [3.63, 3.8) is 0 Å². The molecule has 21 heavy (non-hydrogen) atoms. The van der Waals surface area contributed by atoms with E-state index in [9.17, 15) is 9.90 Å². The lowest BCUT2D eigenvalue weighted by atomic mass is 9.94. The summed E-state index contributed by atoms with van der Waals surface area (Å²) in [7, 11) is 1.69. The molecular formula is C15H19N3O3. The van der Waals surface area contributed by atoms with Crippen LogP contribution in [0.25, 0.3) is 5.65 Å². The third kappa shape index (κ3) is 2.91. The van der Waals surface area contributed by atoms with Gasteiger partial charge in [-0.25, -0.2) is 4.98 Å². The van der Waals surface area contributed by atoms with E-state index in [1.807, 2.05) is 28.8 Å². The Bertz CT molecular complexity index is 613. The van der Waals surface area contributed by atoms with E-state index in [0.29, 0.717) is 38.3 Å². The first-order chi connectivity index (χ1) is 10.1. The Morgan fingerprint density at radius 2 is 2.24 bits per heavy atom. The number of ether oxygens (including phenoxy) is 1. The van der Waals surface area contributed by atoms with Crippen LogP contribution in [0.1, 0.15) is 23.3 Å². The van der Waals surface area contributed by atoms with Crippen LogP contribution in [-0.4, -0.2) is 57.7 Å². The zero-order chi connectivity index (χ0) is 14.9. The highest BCUT2D eigenvalue weighted by Gasteiger charge is 2.33. The van der Waals surface area contributed by atoms with Crippen LogP contribution in [0.4, 0.5) is 0 Å². The molecule has 6 nitrogen and oxygen atoms in total. The highest BCUT2D eigenvalue weighted by molar-refractivity contribution is 5.92. The number of imidazole rings is 1. The standard InChI is InChI=1S/C15H19N3O3/c1-17(11-15(20)5-8-21-9-6-15)14(19)12-10-18-7-3-2-4-13(18)16-12/h2-4,7,10,20H,5-6,8-9,11H2,1H3. The Balaban J connectivity index is 1.74. The Morgan fingerprint density at radius 1 is 1.48 bits per heavy atom. The third-order valence-electron chi connectivity index (χ3n) is 3.88. The molecule has 1 aliphatic rings. The van der Waals surface area contributed by atoms with Gasteiger partial charge < -0.3 is 19.1 Å². The Labute approximate surface area is 123 Å². The normalized spacial score (nSPS) is 17.8. The van der Waals surface area contributed by atoms with Crippen molar-refractivity contribution in [2.75, 3.05) is 26.8 Å². The largest absolute Gasteiger partial charge is 0.388 e. The summed E-state index contributed by atoms with van der Waals surface area (Å²) in [5, 5.41) is 10.5. The van der Waals surface area contributed by atoms with Gasteiger partial charge in [0.15, 0.2) is 0 Å². The number of amides is 1. The minimum Gasteiger partial charge on any atom is -0.388 e. The van der Waals surface area contributed by atoms with Gasteiger partial charge in [0, 0.05) is 52.0 Å². The van der Waals surface area contributed by atoms with Gasteiger partial charge in [-0.15, -0.1) is 0 Å². The molecule has 3 heterocycles. The Hall–Kier alpha value is -1.92. The van der Waals surface area contributed by atoms with Crippen molar-refractivity contribution in [1.29, 1.82) is 0 Å². The molecule has 1 saturated heterocycles. The number of likely N-dealkylation sites (N-methyl/N-ethyl adjacent to an activating group) is 1. The van der Waals surface area contributed by atoms with Crippen molar-refractivity contribution in [2.24, 2.45) is 0 Å². The van der Waals surface area contributed by atoms with Gasteiger partial charge in [-0.3, -0.25) is 4.79 Å². The van der Waals surface area contributed by atoms with Crippen molar-refractivity contribution < 1.29 is 14.6 Å². The van der Waals surface area contributed by atoms with E-state index in [4.69, 9.17) is 4.74 Å². The topological polar surface area (TPSA) is 67.1 Å². The molecule has 112 valence electrons. The molecule has 1 fully saturated rings. The molecule has 3 rings (SSSR count). The summed E-state index contributed by atoms with van der Waals surface area (Å²) in [6, 6.07) is 5.62. The van der Waals surface area contributed by atoms with E-state index >= 15 is 0 Å². The zero-order valence-electron chi connectivity index (χ0n) is 12.0. The van der Waals surface area contributed by atoms with E-state index in [1.165, 1.54) is 4.90 Å². The number of pyridine rings is 1. The SMILES string of the molecule is CN(CC1(O)CCOCC1)C(=O)c1cn2ccccc2n1. The smallest absolute Gasteiger partial charge is 0.273 e. The lowest BCUT2D eigenvalue weighted by Crippen LogP contribution is -2.47. The van der Waals surface area contributed by atoms with Crippen LogP contribution in [-0.2, 0) is 4.74 Å². The number of aromatic nitrogens is 2. The van der Waals surface area contributed by atoms with Crippen molar-refractivity contribution in [3.8, 4) is 0 Å². The van der Waals surface area contributed by atoms with E-state index < -0.39 is 5.60 Å². The Kier molecular flexibility index (Phi) is 3.65. The molecule has 0 aromatic carbocycles. The number of hydrogen-bond donors (Lipinski definition) is 1. The summed E-state index contributed by atoms with van der Waals surface area (Å²) >= 11 is 0. The number of carbonyl (C=O) groups excluding carboxylic acids is 1. The molecular weight excluding hydrogens is 270 g/mol. The first-order valence-electron chi connectivity index (χ1n) is 7.07. The fourth-order valence-electron chi connectivity index (χ4n) is 2.66. The summed E-state index contributed by atoms with van der Waals surface area (Å²) < 4.78 is 7.06. The van der Waals surface area contributed by atoms with Crippen LogP contribution in [0.5, 0.6) is 0 Å². The molecule has 0 saturated carbocycles. The molecule has 1 N–H and O–H groups in total. The molecule has 0 aliphatic carbocycles. The molecule has 0 radical (unpaired) electrons. The molecule has 0 bridgehead atoms. The fraction of sp³-hybridized carbons (Fsp3) is 0.467. The molecule has 2 aromatic rings. The van der Waals surface area contributed by atoms with Gasteiger partial charge >= 0.3 is 0 Å². The van der Waals surface area contributed by atoms with Gasteiger partial charge in [-0.2, -0.15) is 0 Å². The van der Waals surface area contributed by atoms with Gasteiger partial charge in [0.05, 0.1) is 5.60 Å². The summed E-state index contributed by atoms with van der Waals surface area (Å²) in [5.41, 5.74) is 0.264. The minimum atomic E-state index is -0.859. The monoisotopic (exact) mass is 289 g/mol. The second-order valence-electron chi connectivity index (χ2n) is 5.59. The second kappa shape index (κ2) is 5.46. The summed E-state index contributed by atoms with van der Waals surface area (Å²) in [5.74, 6) is -0.182. The molecule has 6 heteroatoms. The molecule has 1 aliphatic heterocycles. The highest BCUT2D eigenvalue weighted by atomic mass is 16.5. The number of hydrogen-bond acceptors (Lipinski definition) is 4. The highest BCUT2D eigenvalue weighted by Crippen LogP contribution is 2.22. The zero-order valence-corrected chi connectivity index (χ0v) is 12.0. The number of nitrogens with zero attached hydrogens (tertiary/aromatic N) is 3. The minimum absolute atomic E-state index is 0.182. The van der Waals surface area contributed by atoms with Crippen LogP contribution in [0, 0.1) is 0 Å². The maximum Gasteiger partial charge on any atom is 0.273 e. The number of carbonyl (C=O) groups is 1. The average molecular weight is 289 g/mol. The van der Waals surface area contributed by atoms with E-state index in [0.717, 1.165) is 5.65 Å². The predicted molar refractivity (Wildman–Crippen MR) is 77.2 cm³/mol. The van der Waals surface area contributed by atoms with Crippen molar-refractivity contribution >= 4 is 11.6 Å². The third-order valence-corrected chi connectivity index (χ3v) is 3.88. The number of rotatable bonds is 3. The van der Waals surface area contributed by atoms with Gasteiger partial charge in [0.1, 0.15) is 11.3 Å². The molecule has 1 amide bonds. The maximum atomic E-state index is 12.4. The van der Waals surface area contributed by atoms with E-state index in [1.54, 1.807) is 13.2 Å². The van der Waals surface area contributed by atoms with Gasteiger partial charge in [-0.1, -0.05) is 6.07 Å². The summed E-state index contributed by atoms with van der Waals surface area (Å²) in [6.45, 7) is 1.36. The summed E-state index contributed by atoms with van der Waals surface area (Å²) in [4.78, 5) is 18.3. The van der Waals surface area contributed by atoms with E-state index in [2.05, 4.69) is 4.98 Å². The average Bonchev–Trinajstić information content (AvgIpc) is 2.90. The first-order valence-corrected chi connectivity index (χ1v) is 7.07. The lowest BCUT2D eigenvalue weighted by Gasteiger charge is -2.35. The number of aliphatic hydroxyl groups is 1. The predicted octanol–water partition coefficient (Wildman–Crippen LogP) is 0.948. The molecule has 0 atom stereocenters. The molecule has 0 unspecified atom stereocenters. The first kappa shape index (κ1) is 14.0. The van der Waals surface area contributed by atoms with Crippen LogP contribution in [0.15, 0.2) is 30.6 Å². The van der Waals surface area contributed by atoms with Gasteiger partial charge in [0.25, 0.3) is 5.91 Å². The van der Waals surface area contributed by atoms with Gasteiger partial charge in [0.2, 0.25) is 0 Å². The summed E-state index contributed by atoms with van der Waals surface area (Å²) in [6.07, 6.45) is 4.67. The number of fused-ring (bicyclic) bond motifs is 1. The van der Waals surface area contributed by atoms with E-state index in [-0.39, 0.29) is 5.91 Å². The van der Waals surface area contributed by atoms with Crippen molar-refractivity contribution in [3.05, 3.63) is 36.3 Å². The quantitative estimate of drug-likeness (QED) is 0.913. The molecule has 2 aromatic heterocycles. The Morgan fingerprint density at radius 3 is 2.95 bits per heavy atom. The van der Waals surface area contributed by atoms with Crippen molar-refractivity contribution in [2.45, 2.75) is 18.4 Å². The van der Waals surface area contributed by atoms with Crippen LogP contribution < -0.4 is 0 Å². The lowest BCUT2D eigenvalue weighted by molar-refractivity contribution is -0.0734. The second-order valence-corrected chi connectivity index (χ2v) is 5.59. The van der Waals surface area contributed by atoms with Gasteiger partial charge in [-0.05, 0) is 12.1 Å². The maximum absolute atomic E-state index is 12.4. The fourth-order valence-corrected chi connectivity index (χ4v) is 2.66. The van der Waals surface area contributed by atoms with Crippen molar-refractivity contribution in [1.82, 2.24) is 14.3 Å². The van der Waals surface area contributed by atoms with Crippen LogP contribution >= 0.6 is 0 Å².